The summed E-state index contributed by atoms with van der Waals surface area (Å²) in [6.07, 6.45) is 0. The molecule has 1 heterocycles. The number of benzene rings is 1. The van der Waals surface area contributed by atoms with Crippen molar-refractivity contribution in [1.82, 2.24) is 8.75 Å². The van der Waals surface area contributed by atoms with Crippen LogP contribution in [-0.2, 0) is 0 Å². The maximum Gasteiger partial charge on any atom is 0.168 e. The van der Waals surface area contributed by atoms with Crippen molar-refractivity contribution >= 4 is 17.5 Å². The molecule has 0 atom stereocenters. The Morgan fingerprint density at radius 1 is 1.41 bits per heavy atom. The van der Waals surface area contributed by atoms with Gasteiger partial charge in [-0.1, -0.05) is 0 Å². The molecular formula is C11H12FN3OS. The van der Waals surface area contributed by atoms with Gasteiger partial charge in [0.1, 0.15) is 5.69 Å². The minimum absolute atomic E-state index is 0.224. The smallest absolute Gasteiger partial charge is 0.168 e. The van der Waals surface area contributed by atoms with E-state index >= 15 is 0 Å². The minimum atomic E-state index is -0.402. The van der Waals surface area contributed by atoms with Crippen LogP contribution < -0.4 is 10.1 Å². The molecule has 1 aromatic heterocycles. The standard InChI is InChI=1S/C11H12FN3OS/c1-3-13-11-10(14-17-15-11)7-4-5-9(16-2)8(12)6-7/h4-6H,3H2,1-2H3,(H,13,15). The molecule has 2 rings (SSSR count). The first-order valence-corrected chi connectivity index (χ1v) is 5.89. The fourth-order valence-corrected chi connectivity index (χ4v) is 2.02. The first-order valence-electron chi connectivity index (χ1n) is 5.16. The molecule has 0 fully saturated rings. The van der Waals surface area contributed by atoms with E-state index in [1.54, 1.807) is 12.1 Å². The first-order chi connectivity index (χ1) is 8.26. The molecule has 4 nitrogen and oxygen atoms in total. The van der Waals surface area contributed by atoms with Crippen LogP contribution in [0.25, 0.3) is 11.3 Å². The largest absolute Gasteiger partial charge is 0.494 e. The van der Waals surface area contributed by atoms with Gasteiger partial charge in [0.05, 0.1) is 18.8 Å². The molecule has 0 unspecified atom stereocenters. The van der Waals surface area contributed by atoms with Crippen molar-refractivity contribution in [2.45, 2.75) is 6.92 Å². The van der Waals surface area contributed by atoms with Crippen LogP contribution in [0.2, 0.25) is 0 Å². The number of hydrogen-bond donors (Lipinski definition) is 1. The number of nitrogens with one attached hydrogen (secondary N) is 1. The molecule has 0 amide bonds. The highest BCUT2D eigenvalue weighted by molar-refractivity contribution is 6.99. The average Bonchev–Trinajstić information content (AvgIpc) is 2.78. The number of anilines is 1. The van der Waals surface area contributed by atoms with Crippen LogP contribution in [-0.4, -0.2) is 22.4 Å². The summed E-state index contributed by atoms with van der Waals surface area (Å²) in [5.74, 6) is 0.504. The van der Waals surface area contributed by atoms with Crippen molar-refractivity contribution in [2.24, 2.45) is 0 Å². The average molecular weight is 253 g/mol. The summed E-state index contributed by atoms with van der Waals surface area (Å²) in [7, 11) is 1.44. The van der Waals surface area contributed by atoms with Gasteiger partial charge in [0, 0.05) is 12.1 Å². The van der Waals surface area contributed by atoms with Gasteiger partial charge in [-0.2, -0.15) is 8.75 Å². The van der Waals surface area contributed by atoms with E-state index in [2.05, 4.69) is 14.1 Å². The van der Waals surface area contributed by atoms with E-state index in [0.29, 0.717) is 17.1 Å². The van der Waals surface area contributed by atoms with Crippen LogP contribution in [0.5, 0.6) is 5.75 Å². The highest BCUT2D eigenvalue weighted by Crippen LogP contribution is 2.29. The molecule has 0 bridgehead atoms. The van der Waals surface area contributed by atoms with Crippen LogP contribution in [0.3, 0.4) is 0 Å². The molecule has 0 aliphatic carbocycles. The van der Waals surface area contributed by atoms with E-state index in [4.69, 9.17) is 4.74 Å². The van der Waals surface area contributed by atoms with E-state index in [-0.39, 0.29) is 5.75 Å². The first kappa shape index (κ1) is 11.8. The number of methoxy groups -OCH3 is 1. The molecule has 90 valence electrons. The third-order valence-electron chi connectivity index (χ3n) is 2.26. The molecule has 0 aliphatic heterocycles. The third-order valence-corrected chi connectivity index (χ3v) is 2.79. The second-order valence-electron chi connectivity index (χ2n) is 3.34. The second kappa shape index (κ2) is 5.09. The van der Waals surface area contributed by atoms with E-state index in [1.807, 2.05) is 6.92 Å². The maximum absolute atomic E-state index is 13.6. The molecule has 1 aromatic carbocycles. The predicted molar refractivity (Wildman–Crippen MR) is 66.0 cm³/mol. The summed E-state index contributed by atoms with van der Waals surface area (Å²) >= 11 is 1.10. The van der Waals surface area contributed by atoms with Gasteiger partial charge < -0.3 is 10.1 Å². The van der Waals surface area contributed by atoms with Gasteiger partial charge in [0.15, 0.2) is 17.4 Å². The van der Waals surface area contributed by atoms with E-state index in [0.717, 1.165) is 18.3 Å². The summed E-state index contributed by atoms with van der Waals surface area (Å²) in [4.78, 5) is 0. The zero-order chi connectivity index (χ0) is 12.3. The SMILES string of the molecule is CCNc1nsnc1-c1ccc(OC)c(F)c1. The van der Waals surface area contributed by atoms with E-state index < -0.39 is 5.82 Å². The lowest BCUT2D eigenvalue weighted by Crippen LogP contribution is -1.98. The van der Waals surface area contributed by atoms with Crippen molar-refractivity contribution in [3.63, 3.8) is 0 Å². The number of halogens is 1. The Kier molecular flexibility index (Phi) is 3.53. The quantitative estimate of drug-likeness (QED) is 0.910. The Balaban J connectivity index is 2.39. The Labute approximate surface area is 103 Å². The Morgan fingerprint density at radius 2 is 2.24 bits per heavy atom. The number of aromatic nitrogens is 2. The number of ether oxygens (including phenoxy) is 1. The summed E-state index contributed by atoms with van der Waals surface area (Å²) < 4.78 is 26.7. The number of hydrogen-bond acceptors (Lipinski definition) is 5. The lowest BCUT2D eigenvalue weighted by atomic mass is 10.1. The fourth-order valence-electron chi connectivity index (χ4n) is 1.48. The summed E-state index contributed by atoms with van der Waals surface area (Å²) in [5, 5.41) is 3.09. The molecule has 17 heavy (non-hydrogen) atoms. The number of rotatable bonds is 4. The lowest BCUT2D eigenvalue weighted by molar-refractivity contribution is 0.386. The monoisotopic (exact) mass is 253 g/mol. The van der Waals surface area contributed by atoms with E-state index in [1.165, 1.54) is 13.2 Å². The van der Waals surface area contributed by atoms with Crippen LogP contribution >= 0.6 is 11.7 Å². The molecule has 0 radical (unpaired) electrons. The normalized spacial score (nSPS) is 10.3. The van der Waals surface area contributed by atoms with Gasteiger partial charge in [-0.3, -0.25) is 0 Å². The zero-order valence-electron chi connectivity index (χ0n) is 9.53. The van der Waals surface area contributed by atoms with E-state index in [9.17, 15) is 4.39 Å². The summed E-state index contributed by atoms with van der Waals surface area (Å²) in [5.41, 5.74) is 1.35. The number of nitrogens with zero attached hydrogens (tertiary/aromatic N) is 2. The summed E-state index contributed by atoms with van der Waals surface area (Å²) in [6, 6.07) is 4.75. The van der Waals surface area contributed by atoms with Crippen LogP contribution in [0.4, 0.5) is 10.2 Å². The molecule has 0 saturated carbocycles. The molecule has 6 heteroatoms. The van der Waals surface area contributed by atoms with Crippen molar-refractivity contribution in [3.05, 3.63) is 24.0 Å². The summed E-state index contributed by atoms with van der Waals surface area (Å²) in [6.45, 7) is 2.72. The molecule has 1 N–H and O–H groups in total. The van der Waals surface area contributed by atoms with Gasteiger partial charge in [0.25, 0.3) is 0 Å². The van der Waals surface area contributed by atoms with Crippen molar-refractivity contribution < 1.29 is 9.13 Å². The molecule has 2 aromatic rings. The molecular weight excluding hydrogens is 241 g/mol. The molecule has 0 saturated heterocycles. The van der Waals surface area contributed by atoms with Gasteiger partial charge in [-0.25, -0.2) is 4.39 Å². The van der Waals surface area contributed by atoms with Crippen molar-refractivity contribution in [3.8, 4) is 17.0 Å². The fraction of sp³-hybridized carbons (Fsp3) is 0.273. The minimum Gasteiger partial charge on any atom is -0.494 e. The van der Waals surface area contributed by atoms with Crippen molar-refractivity contribution in [2.75, 3.05) is 19.0 Å². The highest BCUT2D eigenvalue weighted by Gasteiger charge is 2.12. The van der Waals surface area contributed by atoms with Crippen LogP contribution in [0.15, 0.2) is 18.2 Å². The third kappa shape index (κ3) is 2.36. The highest BCUT2D eigenvalue weighted by atomic mass is 32.1. The lowest BCUT2D eigenvalue weighted by Gasteiger charge is -2.05. The Bertz CT molecular complexity index is 515. The molecule has 0 spiro atoms. The topological polar surface area (TPSA) is 47.0 Å². The second-order valence-corrected chi connectivity index (χ2v) is 3.87. The zero-order valence-corrected chi connectivity index (χ0v) is 10.3. The van der Waals surface area contributed by atoms with Gasteiger partial charge in [0.2, 0.25) is 0 Å². The van der Waals surface area contributed by atoms with Gasteiger partial charge in [-0.05, 0) is 25.1 Å². The van der Waals surface area contributed by atoms with Crippen molar-refractivity contribution in [1.29, 1.82) is 0 Å². The molecule has 0 aliphatic rings. The maximum atomic E-state index is 13.6. The Morgan fingerprint density at radius 3 is 2.88 bits per heavy atom. The van der Waals surface area contributed by atoms with Gasteiger partial charge in [-0.15, -0.1) is 0 Å². The van der Waals surface area contributed by atoms with Crippen LogP contribution in [0.1, 0.15) is 6.92 Å². The van der Waals surface area contributed by atoms with Crippen LogP contribution in [0, 0.1) is 5.82 Å². The predicted octanol–water partition coefficient (Wildman–Crippen LogP) is 2.78. The van der Waals surface area contributed by atoms with Gasteiger partial charge >= 0.3 is 0 Å². The Hall–Kier alpha value is -1.69.